The molecule has 0 saturated heterocycles. The quantitative estimate of drug-likeness (QED) is 0.529. The molecule has 0 aliphatic carbocycles. The number of nitrogens with zero attached hydrogens (tertiary/aromatic N) is 3. The molecule has 0 aliphatic heterocycles. The van der Waals surface area contributed by atoms with Crippen molar-refractivity contribution >= 4 is 11.2 Å². The third kappa shape index (κ3) is 4.10. The van der Waals surface area contributed by atoms with Crippen LogP contribution in [0.25, 0.3) is 11.3 Å². The Balaban J connectivity index is 2.05. The van der Waals surface area contributed by atoms with E-state index < -0.39 is 11.2 Å². The molecule has 3 aromatic rings. The molecule has 0 radical (unpaired) electrons. The molecule has 0 N–H and O–H groups in total. The Morgan fingerprint density at radius 3 is 2.38 bits per heavy atom. The number of hydrogen-bond donors (Lipinski definition) is 0. The highest BCUT2D eigenvalue weighted by atomic mass is 32.2. The van der Waals surface area contributed by atoms with Crippen molar-refractivity contribution < 1.29 is 4.55 Å². The van der Waals surface area contributed by atoms with Crippen LogP contribution in [0.3, 0.4) is 0 Å². The van der Waals surface area contributed by atoms with Gasteiger partial charge >= 0.3 is 0 Å². The van der Waals surface area contributed by atoms with Gasteiger partial charge in [0.2, 0.25) is 0 Å². The number of hydrogen-bond acceptors (Lipinski definition) is 4. The van der Waals surface area contributed by atoms with E-state index in [2.05, 4.69) is 26.8 Å². The summed E-state index contributed by atoms with van der Waals surface area (Å²) in [5.74, 6) is 6.39. The van der Waals surface area contributed by atoms with Crippen LogP contribution in [0.4, 0.5) is 0 Å². The Bertz CT molecular complexity index is 955. The third-order valence-electron chi connectivity index (χ3n) is 3.96. The standard InChI is InChI=1S/C21H19N3OS/c1-4-20-19(12-7-16-6-5-15(2)22-13-16)21(24-14-23-20)17-8-10-18(11-9-17)26(3)25/h5-6,8-11,13-14H,4H2,1-3H3. The maximum absolute atomic E-state index is 11.6. The molecule has 0 aliphatic rings. The van der Waals surface area contributed by atoms with E-state index in [4.69, 9.17) is 0 Å². The summed E-state index contributed by atoms with van der Waals surface area (Å²) in [7, 11) is 0. The molecule has 1 aromatic carbocycles. The van der Waals surface area contributed by atoms with E-state index in [0.29, 0.717) is 0 Å². The summed E-state index contributed by atoms with van der Waals surface area (Å²) in [6.07, 6.45) is 5.77. The highest BCUT2D eigenvalue weighted by Crippen LogP contribution is 2.24. The van der Waals surface area contributed by atoms with Gasteiger partial charge in [-0.2, -0.15) is 0 Å². The molecule has 130 valence electrons. The topological polar surface area (TPSA) is 61.7 Å². The van der Waals surface area contributed by atoms with Gasteiger partial charge in [0.15, 0.2) is 4.90 Å². The van der Waals surface area contributed by atoms with E-state index in [1.54, 1.807) is 18.8 Å². The summed E-state index contributed by atoms with van der Waals surface area (Å²) in [6, 6.07) is 11.5. The first-order valence-corrected chi connectivity index (χ1v) is 9.86. The molecule has 2 heterocycles. The SMILES string of the molecule is CCc1ncnc(-c2ccc([S+](C)[O-])cc2)c1C#Cc1ccc(C)nc1. The van der Waals surface area contributed by atoms with Gasteiger partial charge in [0.05, 0.1) is 17.0 Å². The van der Waals surface area contributed by atoms with Crippen molar-refractivity contribution in [1.29, 1.82) is 0 Å². The van der Waals surface area contributed by atoms with Crippen LogP contribution < -0.4 is 0 Å². The van der Waals surface area contributed by atoms with Crippen LogP contribution >= 0.6 is 0 Å². The number of rotatable bonds is 3. The molecule has 4 nitrogen and oxygen atoms in total. The molecule has 0 amide bonds. The lowest BCUT2D eigenvalue weighted by molar-refractivity contribution is 0.601. The Kier molecular flexibility index (Phi) is 5.67. The smallest absolute Gasteiger partial charge is 0.152 e. The van der Waals surface area contributed by atoms with Gasteiger partial charge in [0, 0.05) is 23.0 Å². The maximum atomic E-state index is 11.6. The summed E-state index contributed by atoms with van der Waals surface area (Å²) in [5, 5.41) is 0. The summed E-state index contributed by atoms with van der Waals surface area (Å²) in [5.41, 5.74) is 5.26. The van der Waals surface area contributed by atoms with Crippen molar-refractivity contribution in [2.24, 2.45) is 0 Å². The summed E-state index contributed by atoms with van der Waals surface area (Å²) in [6.45, 7) is 4.00. The molecular formula is C21H19N3OS. The summed E-state index contributed by atoms with van der Waals surface area (Å²) in [4.78, 5) is 13.9. The van der Waals surface area contributed by atoms with Crippen molar-refractivity contribution in [3.8, 4) is 23.1 Å². The Morgan fingerprint density at radius 1 is 1.00 bits per heavy atom. The molecule has 2 aromatic heterocycles. The van der Waals surface area contributed by atoms with Crippen LogP contribution in [0.2, 0.25) is 0 Å². The molecule has 0 spiro atoms. The van der Waals surface area contributed by atoms with E-state index in [9.17, 15) is 4.55 Å². The molecular weight excluding hydrogens is 342 g/mol. The molecule has 1 unspecified atom stereocenters. The molecule has 0 saturated carbocycles. The van der Waals surface area contributed by atoms with Crippen LogP contribution in [0.1, 0.15) is 29.4 Å². The largest absolute Gasteiger partial charge is 0.612 e. The number of aromatic nitrogens is 3. The minimum absolute atomic E-state index is 0.767. The second kappa shape index (κ2) is 8.13. The Labute approximate surface area is 156 Å². The minimum Gasteiger partial charge on any atom is -0.612 e. The zero-order valence-electron chi connectivity index (χ0n) is 15.0. The van der Waals surface area contributed by atoms with Crippen molar-refractivity contribution in [3.63, 3.8) is 0 Å². The molecule has 0 bridgehead atoms. The minimum atomic E-state index is -1.00. The van der Waals surface area contributed by atoms with E-state index >= 15 is 0 Å². The zero-order valence-corrected chi connectivity index (χ0v) is 15.8. The van der Waals surface area contributed by atoms with Gasteiger partial charge < -0.3 is 4.55 Å². The Hall–Kier alpha value is -2.68. The average molecular weight is 361 g/mol. The van der Waals surface area contributed by atoms with Crippen LogP contribution in [-0.2, 0) is 17.6 Å². The molecule has 26 heavy (non-hydrogen) atoms. The van der Waals surface area contributed by atoms with Crippen molar-refractivity contribution in [3.05, 3.63) is 71.4 Å². The molecule has 0 fully saturated rings. The lowest BCUT2D eigenvalue weighted by atomic mass is 10.0. The number of aryl methyl sites for hydroxylation is 2. The first-order chi connectivity index (χ1) is 12.6. The average Bonchev–Trinajstić information content (AvgIpc) is 2.67. The van der Waals surface area contributed by atoms with E-state index in [0.717, 1.165) is 45.1 Å². The van der Waals surface area contributed by atoms with Crippen molar-refractivity contribution in [2.45, 2.75) is 25.2 Å². The predicted octanol–water partition coefficient (Wildman–Crippen LogP) is 3.55. The highest BCUT2D eigenvalue weighted by molar-refractivity contribution is 7.90. The van der Waals surface area contributed by atoms with Crippen LogP contribution in [0, 0.1) is 18.8 Å². The van der Waals surface area contributed by atoms with Gasteiger partial charge in [-0.3, -0.25) is 4.98 Å². The molecule has 5 heteroatoms. The summed E-state index contributed by atoms with van der Waals surface area (Å²) < 4.78 is 11.6. The van der Waals surface area contributed by atoms with Crippen LogP contribution in [-0.4, -0.2) is 25.8 Å². The normalized spacial score (nSPS) is 11.5. The zero-order chi connectivity index (χ0) is 18.5. The Morgan fingerprint density at radius 2 is 1.77 bits per heavy atom. The predicted molar refractivity (Wildman–Crippen MR) is 104 cm³/mol. The van der Waals surface area contributed by atoms with E-state index in [-0.39, 0.29) is 0 Å². The van der Waals surface area contributed by atoms with Gasteiger partial charge in [-0.1, -0.05) is 18.8 Å². The first-order valence-electron chi connectivity index (χ1n) is 8.31. The highest BCUT2D eigenvalue weighted by Gasteiger charge is 2.12. The number of benzene rings is 1. The van der Waals surface area contributed by atoms with E-state index in [1.807, 2.05) is 50.2 Å². The fourth-order valence-electron chi connectivity index (χ4n) is 2.52. The van der Waals surface area contributed by atoms with Gasteiger partial charge in [0.1, 0.15) is 12.6 Å². The monoisotopic (exact) mass is 361 g/mol. The van der Waals surface area contributed by atoms with Gasteiger partial charge in [0.25, 0.3) is 0 Å². The summed E-state index contributed by atoms with van der Waals surface area (Å²) >= 11 is -1.00. The van der Waals surface area contributed by atoms with Gasteiger partial charge in [-0.15, -0.1) is 0 Å². The molecule has 3 rings (SSSR count). The second-order valence-corrected chi connectivity index (χ2v) is 7.19. The van der Waals surface area contributed by atoms with Crippen molar-refractivity contribution in [1.82, 2.24) is 15.0 Å². The lowest BCUT2D eigenvalue weighted by Gasteiger charge is -2.09. The second-order valence-electron chi connectivity index (χ2n) is 5.81. The fourth-order valence-corrected chi connectivity index (χ4v) is 3.04. The lowest BCUT2D eigenvalue weighted by Crippen LogP contribution is -2.00. The van der Waals surface area contributed by atoms with Gasteiger partial charge in [-0.25, -0.2) is 9.97 Å². The molecule has 1 atom stereocenters. The van der Waals surface area contributed by atoms with Crippen LogP contribution in [0.15, 0.2) is 53.8 Å². The third-order valence-corrected chi connectivity index (χ3v) is 4.90. The first kappa shape index (κ1) is 18.1. The van der Waals surface area contributed by atoms with Crippen LogP contribution in [0.5, 0.6) is 0 Å². The van der Waals surface area contributed by atoms with Crippen molar-refractivity contribution in [2.75, 3.05) is 6.26 Å². The van der Waals surface area contributed by atoms with E-state index in [1.165, 1.54) is 0 Å². The maximum Gasteiger partial charge on any atom is 0.152 e. The fraction of sp³-hybridized carbons (Fsp3) is 0.190. The number of pyridine rings is 1. The van der Waals surface area contributed by atoms with Gasteiger partial charge in [-0.05, 0) is 60.9 Å².